The van der Waals surface area contributed by atoms with Gasteiger partial charge in [-0.2, -0.15) is 0 Å². The molecule has 0 amide bonds. The Hall–Kier alpha value is -3.06. The van der Waals surface area contributed by atoms with Crippen LogP contribution < -0.4 is 0 Å². The molecule has 1 atom stereocenters. The fourth-order valence-corrected chi connectivity index (χ4v) is 4.15. The largest absolute Gasteiger partial charge is 0.462 e. The molecule has 0 N–H and O–H groups in total. The second kappa shape index (κ2) is 10.3. The first-order chi connectivity index (χ1) is 14.9. The van der Waals surface area contributed by atoms with Gasteiger partial charge in [0.2, 0.25) is 5.89 Å². The summed E-state index contributed by atoms with van der Waals surface area (Å²) in [7, 11) is -1.39. The number of ether oxygens (including phenoxy) is 1. The average Bonchev–Trinajstić information content (AvgIpc) is 3.09. The summed E-state index contributed by atoms with van der Waals surface area (Å²) < 4.78 is 23.2. The van der Waals surface area contributed by atoms with Crippen LogP contribution in [0, 0.1) is 13.8 Å². The van der Waals surface area contributed by atoms with Crippen LogP contribution >= 0.6 is 0 Å². The van der Waals surface area contributed by atoms with Crippen LogP contribution in [0.25, 0.3) is 11.5 Å². The molecule has 0 saturated heterocycles. The number of benzene rings is 2. The highest BCUT2D eigenvalue weighted by atomic mass is 32.2. The number of carbonyl (C=O) groups excluding carboxylic acids is 2. The van der Waals surface area contributed by atoms with Crippen LogP contribution in [0.1, 0.15) is 39.9 Å². The number of rotatable bonds is 9. The zero-order valence-electron chi connectivity index (χ0n) is 17.8. The van der Waals surface area contributed by atoms with Crippen LogP contribution in [0.4, 0.5) is 0 Å². The highest BCUT2D eigenvalue weighted by Gasteiger charge is 2.16. The van der Waals surface area contributed by atoms with Gasteiger partial charge in [-0.05, 0) is 50.6 Å². The molecule has 31 heavy (non-hydrogen) atoms. The molecule has 6 nitrogen and oxygen atoms in total. The van der Waals surface area contributed by atoms with Crippen molar-refractivity contribution < 1.29 is 23.0 Å². The number of carbonyl (C=O) groups is 2. The Bertz CT molecular complexity index is 1080. The molecule has 7 heteroatoms. The van der Waals surface area contributed by atoms with Gasteiger partial charge >= 0.3 is 5.97 Å². The quantitative estimate of drug-likeness (QED) is 0.465. The number of aromatic nitrogens is 1. The van der Waals surface area contributed by atoms with Crippen molar-refractivity contribution >= 4 is 22.6 Å². The summed E-state index contributed by atoms with van der Waals surface area (Å²) in [6.07, 6.45) is 0.154. The minimum atomic E-state index is -1.39. The summed E-state index contributed by atoms with van der Waals surface area (Å²) in [5.74, 6) is 0.653. The van der Waals surface area contributed by atoms with E-state index in [9.17, 15) is 13.8 Å². The number of esters is 1. The highest BCUT2D eigenvalue weighted by molar-refractivity contribution is 7.84. The van der Waals surface area contributed by atoms with Gasteiger partial charge in [-0.1, -0.05) is 29.8 Å². The second-order valence-corrected chi connectivity index (χ2v) is 8.71. The standard InChI is InChI=1S/C24H25NO5S/c1-4-29-24(27)20-11-7-18(8-12-20)13-21(26)14-31(28)15-22-17(3)30-23(25-22)19-9-5-16(2)6-10-19/h5-12H,4,13-15H2,1-3H3. The van der Waals surface area contributed by atoms with E-state index in [1.807, 2.05) is 31.2 Å². The van der Waals surface area contributed by atoms with Crippen molar-refractivity contribution in [2.45, 2.75) is 32.9 Å². The first-order valence-corrected chi connectivity index (χ1v) is 11.5. The van der Waals surface area contributed by atoms with Gasteiger partial charge in [0, 0.05) is 22.8 Å². The van der Waals surface area contributed by atoms with Crippen molar-refractivity contribution in [3.05, 3.63) is 76.7 Å². The van der Waals surface area contributed by atoms with E-state index in [4.69, 9.17) is 9.15 Å². The van der Waals surface area contributed by atoms with Gasteiger partial charge in [-0.25, -0.2) is 9.78 Å². The van der Waals surface area contributed by atoms with E-state index in [-0.39, 0.29) is 23.7 Å². The Morgan fingerprint density at radius 3 is 2.35 bits per heavy atom. The van der Waals surface area contributed by atoms with E-state index < -0.39 is 16.8 Å². The summed E-state index contributed by atoms with van der Waals surface area (Å²) in [4.78, 5) is 28.5. The van der Waals surface area contributed by atoms with E-state index in [1.165, 1.54) is 0 Å². The summed E-state index contributed by atoms with van der Waals surface area (Å²) >= 11 is 0. The van der Waals surface area contributed by atoms with Crippen LogP contribution in [-0.4, -0.2) is 33.3 Å². The van der Waals surface area contributed by atoms with Crippen molar-refractivity contribution in [1.82, 2.24) is 4.98 Å². The van der Waals surface area contributed by atoms with Gasteiger partial charge < -0.3 is 9.15 Å². The first-order valence-electron chi connectivity index (χ1n) is 10.0. The number of oxazole rings is 1. The van der Waals surface area contributed by atoms with E-state index >= 15 is 0 Å². The molecule has 1 unspecified atom stereocenters. The van der Waals surface area contributed by atoms with Crippen LogP contribution in [0.15, 0.2) is 52.9 Å². The fourth-order valence-electron chi connectivity index (χ4n) is 3.02. The van der Waals surface area contributed by atoms with E-state index in [0.29, 0.717) is 29.5 Å². The van der Waals surface area contributed by atoms with E-state index in [1.54, 1.807) is 38.1 Å². The molecule has 0 spiro atoms. The number of nitrogens with zero attached hydrogens (tertiary/aromatic N) is 1. The third-order valence-corrected chi connectivity index (χ3v) is 5.92. The van der Waals surface area contributed by atoms with Gasteiger partial charge in [0.15, 0.2) is 0 Å². The second-order valence-electron chi connectivity index (χ2n) is 7.25. The van der Waals surface area contributed by atoms with Gasteiger partial charge in [-0.15, -0.1) is 0 Å². The lowest BCUT2D eigenvalue weighted by Crippen LogP contribution is -2.15. The maximum atomic E-state index is 12.5. The molecular formula is C24H25NO5S. The maximum absolute atomic E-state index is 12.5. The molecule has 0 saturated carbocycles. The van der Waals surface area contributed by atoms with Gasteiger partial charge in [0.05, 0.1) is 29.4 Å². The van der Waals surface area contributed by atoms with Crippen LogP contribution in [0.3, 0.4) is 0 Å². The number of hydrogen-bond donors (Lipinski definition) is 0. The van der Waals surface area contributed by atoms with E-state index in [2.05, 4.69) is 4.98 Å². The molecule has 0 aliphatic heterocycles. The maximum Gasteiger partial charge on any atom is 0.338 e. The number of Topliss-reactive ketones (excluding diaryl/α,β-unsaturated/α-hetero) is 1. The van der Waals surface area contributed by atoms with Crippen LogP contribution in [-0.2, 0) is 32.5 Å². The molecule has 3 aromatic rings. The van der Waals surface area contributed by atoms with Crippen LogP contribution in [0.5, 0.6) is 0 Å². The van der Waals surface area contributed by atoms with E-state index in [0.717, 1.165) is 16.7 Å². The van der Waals surface area contributed by atoms with Crippen molar-refractivity contribution in [2.75, 3.05) is 12.4 Å². The normalized spacial score (nSPS) is 11.8. The summed E-state index contributed by atoms with van der Waals surface area (Å²) in [5, 5.41) is 0. The molecule has 1 heterocycles. The van der Waals surface area contributed by atoms with Crippen molar-refractivity contribution in [3.8, 4) is 11.5 Å². The minimum Gasteiger partial charge on any atom is -0.462 e. The third kappa shape index (κ3) is 6.21. The molecule has 0 bridgehead atoms. The molecule has 2 aromatic carbocycles. The molecule has 162 valence electrons. The molecule has 0 radical (unpaired) electrons. The van der Waals surface area contributed by atoms with Gasteiger partial charge in [-0.3, -0.25) is 9.00 Å². The lowest BCUT2D eigenvalue weighted by Gasteiger charge is -2.04. The Labute approximate surface area is 184 Å². The minimum absolute atomic E-state index is 0.0637. The smallest absolute Gasteiger partial charge is 0.338 e. The third-order valence-electron chi connectivity index (χ3n) is 4.68. The predicted molar refractivity (Wildman–Crippen MR) is 119 cm³/mol. The molecule has 0 aliphatic carbocycles. The first kappa shape index (κ1) is 22.6. The predicted octanol–water partition coefficient (Wildman–Crippen LogP) is 4.20. The van der Waals surface area contributed by atoms with Gasteiger partial charge in [0.25, 0.3) is 0 Å². The SMILES string of the molecule is CCOC(=O)c1ccc(CC(=O)CS(=O)Cc2nc(-c3ccc(C)cc3)oc2C)cc1. The fraction of sp³-hybridized carbons (Fsp3) is 0.292. The highest BCUT2D eigenvalue weighted by Crippen LogP contribution is 2.23. The average molecular weight is 440 g/mol. The lowest BCUT2D eigenvalue weighted by molar-refractivity contribution is -0.116. The van der Waals surface area contributed by atoms with Crippen molar-refractivity contribution in [3.63, 3.8) is 0 Å². The Morgan fingerprint density at radius 1 is 1.03 bits per heavy atom. The van der Waals surface area contributed by atoms with Crippen molar-refractivity contribution in [2.24, 2.45) is 0 Å². The summed E-state index contributed by atoms with van der Waals surface area (Å²) in [5.41, 5.74) is 3.79. The van der Waals surface area contributed by atoms with Crippen LogP contribution in [0.2, 0.25) is 0 Å². The Kier molecular flexibility index (Phi) is 7.52. The Morgan fingerprint density at radius 2 is 1.71 bits per heavy atom. The number of ketones is 1. The topological polar surface area (TPSA) is 86.5 Å². The number of hydrogen-bond acceptors (Lipinski definition) is 6. The van der Waals surface area contributed by atoms with Crippen molar-refractivity contribution in [1.29, 1.82) is 0 Å². The molecular weight excluding hydrogens is 414 g/mol. The molecule has 1 aromatic heterocycles. The summed E-state index contributed by atoms with van der Waals surface area (Å²) in [6, 6.07) is 14.5. The van der Waals surface area contributed by atoms with Gasteiger partial charge in [0.1, 0.15) is 11.5 Å². The number of aryl methyl sites for hydroxylation is 2. The molecule has 0 fully saturated rings. The molecule has 0 aliphatic rings. The zero-order chi connectivity index (χ0) is 22.4. The zero-order valence-corrected chi connectivity index (χ0v) is 18.7. The monoisotopic (exact) mass is 439 g/mol. The lowest BCUT2D eigenvalue weighted by atomic mass is 10.1. The Balaban J connectivity index is 1.56. The summed E-state index contributed by atoms with van der Waals surface area (Å²) in [6.45, 7) is 5.84. The molecule has 3 rings (SSSR count).